The molecule has 0 saturated carbocycles. The molecule has 0 aromatic rings. The van der Waals surface area contributed by atoms with Crippen molar-refractivity contribution in [3.63, 3.8) is 0 Å². The van der Waals surface area contributed by atoms with E-state index in [1.807, 2.05) is 0 Å². The highest BCUT2D eigenvalue weighted by Crippen LogP contribution is 2.22. The van der Waals surface area contributed by atoms with E-state index in [1.54, 1.807) is 0 Å². The maximum absolute atomic E-state index is 2.66. The minimum atomic E-state index is 0. The summed E-state index contributed by atoms with van der Waals surface area (Å²) in [5.74, 6) is 0. The van der Waals surface area contributed by atoms with Gasteiger partial charge in [0.2, 0.25) is 0 Å². The van der Waals surface area contributed by atoms with Crippen LogP contribution in [0.2, 0.25) is 0 Å². The SMILES string of the molecule is Br.CCCCCCCN(CCCCCCC)PN(C)C. The Bertz CT molecular complexity index is 166. The zero-order chi connectivity index (χ0) is 14.3. The summed E-state index contributed by atoms with van der Waals surface area (Å²) in [5.41, 5.74) is 0. The quantitative estimate of drug-likeness (QED) is 0.279. The van der Waals surface area contributed by atoms with Crippen LogP contribution in [0.5, 0.6) is 0 Å². The van der Waals surface area contributed by atoms with Crippen molar-refractivity contribution in [2.75, 3.05) is 27.2 Å². The van der Waals surface area contributed by atoms with E-state index >= 15 is 0 Å². The van der Waals surface area contributed by atoms with Gasteiger partial charge in [-0.2, -0.15) is 0 Å². The van der Waals surface area contributed by atoms with Gasteiger partial charge in [0.1, 0.15) is 0 Å². The Balaban J connectivity index is 0. The maximum atomic E-state index is 2.66. The fourth-order valence-electron chi connectivity index (χ4n) is 2.31. The molecular formula is C16H38BrN2P. The van der Waals surface area contributed by atoms with E-state index in [1.165, 1.54) is 77.3 Å². The van der Waals surface area contributed by atoms with E-state index in [9.17, 15) is 0 Å². The number of unbranched alkanes of at least 4 members (excludes halogenated alkanes) is 8. The Hall–Kier alpha value is 0.830. The van der Waals surface area contributed by atoms with E-state index in [0.29, 0.717) is 0 Å². The number of rotatable bonds is 14. The molecule has 0 saturated heterocycles. The first-order valence-electron chi connectivity index (χ1n) is 8.39. The van der Waals surface area contributed by atoms with Gasteiger partial charge in [-0.3, -0.25) is 9.34 Å². The lowest BCUT2D eigenvalue weighted by molar-refractivity contribution is 0.404. The van der Waals surface area contributed by atoms with E-state index in [0.717, 1.165) is 8.88 Å². The lowest BCUT2D eigenvalue weighted by Crippen LogP contribution is -2.21. The van der Waals surface area contributed by atoms with Crippen molar-refractivity contribution < 1.29 is 0 Å². The smallest absolute Gasteiger partial charge is 0.0234 e. The van der Waals surface area contributed by atoms with E-state index in [2.05, 4.69) is 37.3 Å². The summed E-state index contributed by atoms with van der Waals surface area (Å²) in [5, 5.41) is 0. The molecule has 0 N–H and O–H groups in total. The molecule has 0 heterocycles. The molecule has 0 aromatic carbocycles. The average Bonchev–Trinajstić information content (AvgIpc) is 2.37. The molecular weight excluding hydrogens is 331 g/mol. The van der Waals surface area contributed by atoms with Gasteiger partial charge in [-0.1, -0.05) is 65.2 Å². The highest BCUT2D eigenvalue weighted by Gasteiger charge is 2.05. The molecule has 0 aliphatic rings. The largest absolute Gasteiger partial charge is 0.279 e. The zero-order valence-corrected chi connectivity index (χ0v) is 17.0. The summed E-state index contributed by atoms with van der Waals surface area (Å²) in [4.78, 5) is 0. The second-order valence-corrected chi connectivity index (χ2v) is 7.54. The Labute approximate surface area is 140 Å². The Morgan fingerprint density at radius 2 is 1.05 bits per heavy atom. The standard InChI is InChI=1S/C16H37N2P.BrH/c1-5-7-9-11-13-15-18(19-17(3)4)16-14-12-10-8-6-2;/h19H,5-16H2,1-4H3;1H. The Morgan fingerprint density at radius 3 is 1.40 bits per heavy atom. The van der Waals surface area contributed by atoms with Crippen LogP contribution in [0, 0.1) is 0 Å². The summed E-state index contributed by atoms with van der Waals surface area (Å²) in [6, 6.07) is 0. The van der Waals surface area contributed by atoms with Crippen LogP contribution in [0.4, 0.5) is 0 Å². The molecule has 0 rings (SSSR count). The first kappa shape index (κ1) is 23.1. The maximum Gasteiger partial charge on any atom is 0.0234 e. The van der Waals surface area contributed by atoms with Crippen LogP contribution in [-0.2, 0) is 0 Å². The van der Waals surface area contributed by atoms with Crippen LogP contribution in [0.15, 0.2) is 0 Å². The summed E-state index contributed by atoms with van der Waals surface area (Å²) in [7, 11) is 5.26. The monoisotopic (exact) mass is 368 g/mol. The van der Waals surface area contributed by atoms with Crippen LogP contribution in [0.1, 0.15) is 78.1 Å². The third-order valence-electron chi connectivity index (χ3n) is 3.40. The number of halogens is 1. The molecule has 0 spiro atoms. The molecule has 0 amide bonds. The van der Waals surface area contributed by atoms with E-state index < -0.39 is 0 Å². The third kappa shape index (κ3) is 16.9. The topological polar surface area (TPSA) is 6.48 Å². The number of nitrogens with zero attached hydrogens (tertiary/aromatic N) is 2. The lowest BCUT2D eigenvalue weighted by atomic mass is 10.1. The minimum absolute atomic E-state index is 0. The predicted octanol–water partition coefficient (Wildman–Crippen LogP) is 5.88. The van der Waals surface area contributed by atoms with Gasteiger partial charge in [0.05, 0.1) is 0 Å². The van der Waals surface area contributed by atoms with Crippen LogP contribution in [0.3, 0.4) is 0 Å². The fraction of sp³-hybridized carbons (Fsp3) is 1.00. The molecule has 0 aliphatic heterocycles. The molecule has 4 heteroatoms. The molecule has 1 atom stereocenters. The van der Waals surface area contributed by atoms with Crippen LogP contribution >= 0.6 is 25.9 Å². The molecule has 20 heavy (non-hydrogen) atoms. The van der Waals surface area contributed by atoms with E-state index in [4.69, 9.17) is 0 Å². The second-order valence-electron chi connectivity index (χ2n) is 5.81. The molecule has 0 radical (unpaired) electrons. The van der Waals surface area contributed by atoms with Crippen LogP contribution < -0.4 is 0 Å². The van der Waals surface area contributed by atoms with Crippen molar-refractivity contribution in [1.29, 1.82) is 0 Å². The highest BCUT2D eigenvalue weighted by molar-refractivity contribution is 8.93. The van der Waals surface area contributed by atoms with Crippen molar-refractivity contribution in [2.24, 2.45) is 0 Å². The van der Waals surface area contributed by atoms with E-state index in [-0.39, 0.29) is 17.0 Å². The van der Waals surface area contributed by atoms with Crippen molar-refractivity contribution in [3.8, 4) is 0 Å². The molecule has 1 unspecified atom stereocenters. The first-order valence-corrected chi connectivity index (χ1v) is 9.28. The molecule has 0 fully saturated rings. The first-order chi connectivity index (χ1) is 9.20. The fourth-order valence-corrected chi connectivity index (χ4v) is 3.39. The van der Waals surface area contributed by atoms with Crippen molar-refractivity contribution in [2.45, 2.75) is 78.1 Å². The van der Waals surface area contributed by atoms with Gasteiger partial charge >= 0.3 is 0 Å². The Morgan fingerprint density at radius 1 is 0.650 bits per heavy atom. The Kier molecular flexibility index (Phi) is 20.7. The summed E-state index contributed by atoms with van der Waals surface area (Å²) in [6.45, 7) is 7.17. The number of hydrogen-bond donors (Lipinski definition) is 0. The van der Waals surface area contributed by atoms with Gasteiger partial charge < -0.3 is 0 Å². The minimum Gasteiger partial charge on any atom is -0.279 e. The van der Waals surface area contributed by atoms with Crippen LogP contribution in [-0.4, -0.2) is 36.5 Å². The zero-order valence-electron chi connectivity index (χ0n) is 14.3. The van der Waals surface area contributed by atoms with Crippen molar-refractivity contribution in [1.82, 2.24) is 9.34 Å². The third-order valence-corrected chi connectivity index (χ3v) is 4.53. The highest BCUT2D eigenvalue weighted by atomic mass is 79.9. The summed E-state index contributed by atoms with van der Waals surface area (Å²) < 4.78 is 5.00. The van der Waals surface area contributed by atoms with Crippen molar-refractivity contribution in [3.05, 3.63) is 0 Å². The lowest BCUT2D eigenvalue weighted by Gasteiger charge is -2.25. The summed E-state index contributed by atoms with van der Waals surface area (Å²) >= 11 is 0. The van der Waals surface area contributed by atoms with Crippen molar-refractivity contribution >= 4 is 25.9 Å². The van der Waals surface area contributed by atoms with Gasteiger partial charge in [0.15, 0.2) is 0 Å². The normalized spacial score (nSPS) is 11.7. The molecule has 0 bridgehead atoms. The molecule has 0 aliphatic carbocycles. The molecule has 124 valence electrons. The van der Waals surface area contributed by atoms with Crippen LogP contribution in [0.25, 0.3) is 0 Å². The van der Waals surface area contributed by atoms with Gasteiger partial charge in [-0.05, 0) is 26.9 Å². The molecule has 0 aromatic heterocycles. The van der Waals surface area contributed by atoms with Gasteiger partial charge in [0.25, 0.3) is 0 Å². The second kappa shape index (κ2) is 17.9. The molecule has 2 nitrogen and oxygen atoms in total. The van der Waals surface area contributed by atoms with Gasteiger partial charge in [-0.25, -0.2) is 0 Å². The average molecular weight is 369 g/mol. The predicted molar refractivity (Wildman–Crippen MR) is 101 cm³/mol. The van der Waals surface area contributed by atoms with Gasteiger partial charge in [0, 0.05) is 22.0 Å². The number of hydrogen-bond acceptors (Lipinski definition) is 2. The summed E-state index contributed by atoms with van der Waals surface area (Å²) in [6.07, 6.45) is 14.0. The van der Waals surface area contributed by atoms with Gasteiger partial charge in [-0.15, -0.1) is 17.0 Å².